The zero-order valence-corrected chi connectivity index (χ0v) is 9.49. The van der Waals surface area contributed by atoms with Gasteiger partial charge in [0.1, 0.15) is 16.9 Å². The van der Waals surface area contributed by atoms with Crippen LogP contribution in [-0.2, 0) is 4.79 Å². The van der Waals surface area contributed by atoms with Gasteiger partial charge in [-0.1, -0.05) is 18.7 Å². The Balaban J connectivity index is 2.33. The van der Waals surface area contributed by atoms with Crippen molar-refractivity contribution in [2.45, 2.75) is 23.6 Å². The van der Waals surface area contributed by atoms with Crippen LogP contribution < -0.4 is 5.73 Å². The van der Waals surface area contributed by atoms with Gasteiger partial charge in [-0.2, -0.15) is 0 Å². The monoisotopic (exact) mass is 237 g/mol. The van der Waals surface area contributed by atoms with Crippen molar-refractivity contribution >= 4 is 28.8 Å². The third kappa shape index (κ3) is 1.99. The topological polar surface area (TPSA) is 97.6 Å². The first-order chi connectivity index (χ1) is 7.72. The normalized spacial score (nSPS) is 12.8. The number of aromatic amines is 1. The van der Waals surface area contributed by atoms with Gasteiger partial charge in [0.25, 0.3) is 0 Å². The van der Waals surface area contributed by atoms with Gasteiger partial charge in [-0.05, 0) is 6.42 Å². The SMILES string of the molecule is CCC(Sc1ncnc2nc[nH]c12)C(N)=O. The smallest absolute Gasteiger partial charge is 0.230 e. The lowest BCUT2D eigenvalue weighted by Crippen LogP contribution is -2.24. The number of hydrogen-bond acceptors (Lipinski definition) is 5. The molecule has 0 saturated heterocycles. The van der Waals surface area contributed by atoms with E-state index < -0.39 is 0 Å². The number of nitrogens with zero attached hydrogens (tertiary/aromatic N) is 3. The number of amides is 1. The summed E-state index contributed by atoms with van der Waals surface area (Å²) in [5.41, 5.74) is 6.62. The van der Waals surface area contributed by atoms with Crippen LogP contribution in [0.4, 0.5) is 0 Å². The maximum absolute atomic E-state index is 11.1. The van der Waals surface area contributed by atoms with Crippen molar-refractivity contribution in [1.82, 2.24) is 19.9 Å². The molecule has 0 spiro atoms. The number of fused-ring (bicyclic) bond motifs is 1. The second-order valence-electron chi connectivity index (χ2n) is 3.20. The average Bonchev–Trinajstić information content (AvgIpc) is 2.73. The summed E-state index contributed by atoms with van der Waals surface area (Å²) < 4.78 is 0. The second-order valence-corrected chi connectivity index (χ2v) is 4.39. The number of thioether (sulfide) groups is 1. The second kappa shape index (κ2) is 4.48. The molecular weight excluding hydrogens is 226 g/mol. The summed E-state index contributed by atoms with van der Waals surface area (Å²) in [7, 11) is 0. The van der Waals surface area contributed by atoms with Crippen molar-refractivity contribution in [3.8, 4) is 0 Å². The first-order valence-corrected chi connectivity index (χ1v) is 5.70. The molecule has 0 aliphatic heterocycles. The van der Waals surface area contributed by atoms with E-state index in [0.717, 1.165) is 5.52 Å². The van der Waals surface area contributed by atoms with Gasteiger partial charge in [-0.15, -0.1) is 0 Å². The molecule has 2 aromatic heterocycles. The van der Waals surface area contributed by atoms with Crippen LogP contribution in [0, 0.1) is 0 Å². The molecule has 0 radical (unpaired) electrons. The number of hydrogen-bond donors (Lipinski definition) is 2. The lowest BCUT2D eigenvalue weighted by molar-refractivity contribution is -0.117. The Morgan fingerprint density at radius 2 is 2.38 bits per heavy atom. The molecule has 2 heterocycles. The van der Waals surface area contributed by atoms with E-state index in [1.165, 1.54) is 18.1 Å². The highest BCUT2D eigenvalue weighted by Crippen LogP contribution is 2.27. The zero-order chi connectivity index (χ0) is 11.5. The van der Waals surface area contributed by atoms with Crippen molar-refractivity contribution in [1.29, 1.82) is 0 Å². The zero-order valence-electron chi connectivity index (χ0n) is 8.67. The molecule has 84 valence electrons. The quantitative estimate of drug-likeness (QED) is 0.603. The molecule has 0 aromatic carbocycles. The molecule has 7 heteroatoms. The van der Waals surface area contributed by atoms with E-state index in [9.17, 15) is 4.79 Å². The van der Waals surface area contributed by atoms with E-state index in [1.807, 2.05) is 6.92 Å². The minimum Gasteiger partial charge on any atom is -0.369 e. The molecule has 2 aromatic rings. The van der Waals surface area contributed by atoms with Crippen LogP contribution in [0.25, 0.3) is 11.2 Å². The van der Waals surface area contributed by atoms with Gasteiger partial charge in [0.15, 0.2) is 5.65 Å². The Morgan fingerprint density at radius 3 is 3.06 bits per heavy atom. The maximum Gasteiger partial charge on any atom is 0.230 e. The Labute approximate surface area is 96.1 Å². The predicted octanol–water partition coefficient (Wildman–Crippen LogP) is 0.709. The van der Waals surface area contributed by atoms with Crippen molar-refractivity contribution in [3.63, 3.8) is 0 Å². The summed E-state index contributed by atoms with van der Waals surface area (Å²) in [6, 6.07) is 0. The lowest BCUT2D eigenvalue weighted by atomic mass is 10.3. The summed E-state index contributed by atoms with van der Waals surface area (Å²) in [5, 5.41) is 0.426. The van der Waals surface area contributed by atoms with Crippen LogP contribution in [0.1, 0.15) is 13.3 Å². The van der Waals surface area contributed by atoms with Gasteiger partial charge in [-0.3, -0.25) is 4.79 Å². The Bertz CT molecular complexity index is 511. The third-order valence-corrected chi connectivity index (χ3v) is 3.51. The number of aromatic nitrogens is 4. The van der Waals surface area contributed by atoms with Gasteiger partial charge in [0.2, 0.25) is 5.91 Å². The van der Waals surface area contributed by atoms with E-state index in [-0.39, 0.29) is 11.2 Å². The molecule has 3 N–H and O–H groups in total. The Hall–Kier alpha value is -1.63. The summed E-state index contributed by atoms with van der Waals surface area (Å²) in [6.07, 6.45) is 3.65. The van der Waals surface area contributed by atoms with Crippen LogP contribution in [0.15, 0.2) is 17.7 Å². The number of nitrogens with two attached hydrogens (primary N) is 1. The molecule has 0 aliphatic carbocycles. The molecule has 16 heavy (non-hydrogen) atoms. The van der Waals surface area contributed by atoms with Crippen LogP contribution in [-0.4, -0.2) is 31.1 Å². The number of rotatable bonds is 4. The van der Waals surface area contributed by atoms with Gasteiger partial charge >= 0.3 is 0 Å². The highest BCUT2D eigenvalue weighted by Gasteiger charge is 2.17. The fourth-order valence-electron chi connectivity index (χ4n) is 1.31. The minimum atomic E-state index is -0.334. The molecule has 1 unspecified atom stereocenters. The molecule has 0 aliphatic rings. The molecular formula is C9H11N5OS. The standard InChI is InChI=1S/C9H11N5OS/c1-2-5(7(10)15)16-9-6-8(12-3-11-6)13-4-14-9/h3-5H,2H2,1H3,(H2,10,15)(H,11,12,13,14). The highest BCUT2D eigenvalue weighted by atomic mass is 32.2. The fourth-order valence-corrected chi connectivity index (χ4v) is 2.24. The van der Waals surface area contributed by atoms with E-state index in [0.29, 0.717) is 17.1 Å². The summed E-state index contributed by atoms with van der Waals surface area (Å²) >= 11 is 1.33. The summed E-state index contributed by atoms with van der Waals surface area (Å²) in [6.45, 7) is 1.91. The van der Waals surface area contributed by atoms with E-state index in [4.69, 9.17) is 5.73 Å². The fraction of sp³-hybridized carbons (Fsp3) is 0.333. The number of H-pyrrole nitrogens is 1. The number of nitrogens with one attached hydrogen (secondary N) is 1. The maximum atomic E-state index is 11.1. The van der Waals surface area contributed by atoms with Crippen LogP contribution in [0.5, 0.6) is 0 Å². The van der Waals surface area contributed by atoms with E-state index in [1.54, 1.807) is 6.33 Å². The molecule has 1 amide bonds. The largest absolute Gasteiger partial charge is 0.369 e. The Kier molecular flexibility index (Phi) is 3.04. The summed E-state index contributed by atoms with van der Waals surface area (Å²) in [4.78, 5) is 26.2. The summed E-state index contributed by atoms with van der Waals surface area (Å²) in [5.74, 6) is -0.334. The average molecular weight is 237 g/mol. The van der Waals surface area contributed by atoms with Crippen LogP contribution in [0.2, 0.25) is 0 Å². The minimum absolute atomic E-state index is 0.276. The molecule has 1 atom stereocenters. The van der Waals surface area contributed by atoms with Crippen LogP contribution in [0.3, 0.4) is 0 Å². The number of carbonyl (C=O) groups excluding carboxylic acids is 1. The van der Waals surface area contributed by atoms with Crippen molar-refractivity contribution < 1.29 is 4.79 Å². The van der Waals surface area contributed by atoms with Crippen molar-refractivity contribution in [2.24, 2.45) is 5.73 Å². The molecule has 0 bridgehead atoms. The van der Waals surface area contributed by atoms with Crippen molar-refractivity contribution in [2.75, 3.05) is 0 Å². The van der Waals surface area contributed by atoms with Crippen LogP contribution >= 0.6 is 11.8 Å². The molecule has 0 saturated carbocycles. The van der Waals surface area contributed by atoms with Gasteiger partial charge < -0.3 is 10.7 Å². The van der Waals surface area contributed by atoms with E-state index >= 15 is 0 Å². The van der Waals surface area contributed by atoms with Gasteiger partial charge in [0.05, 0.1) is 11.6 Å². The first-order valence-electron chi connectivity index (χ1n) is 4.82. The lowest BCUT2D eigenvalue weighted by Gasteiger charge is -2.09. The predicted molar refractivity (Wildman–Crippen MR) is 60.8 cm³/mol. The molecule has 6 nitrogen and oxygen atoms in total. The first kappa shape index (κ1) is 10.9. The molecule has 2 rings (SSSR count). The van der Waals surface area contributed by atoms with E-state index in [2.05, 4.69) is 19.9 Å². The molecule has 0 fully saturated rings. The van der Waals surface area contributed by atoms with Gasteiger partial charge in [-0.25, -0.2) is 15.0 Å². The van der Waals surface area contributed by atoms with Crippen molar-refractivity contribution in [3.05, 3.63) is 12.7 Å². The third-order valence-electron chi connectivity index (χ3n) is 2.13. The Morgan fingerprint density at radius 1 is 1.56 bits per heavy atom. The number of imidazole rings is 1. The number of carbonyl (C=O) groups is 1. The number of primary amides is 1. The van der Waals surface area contributed by atoms with Gasteiger partial charge in [0, 0.05) is 0 Å². The highest BCUT2D eigenvalue weighted by molar-refractivity contribution is 8.00.